The number of hydrogen-bond acceptors (Lipinski definition) is 7. The maximum atomic E-state index is 12.8. The molecule has 32 heavy (non-hydrogen) atoms. The molecule has 1 aromatic heterocycles. The number of para-hydroxylation sites is 1. The number of hydrogen-bond donors (Lipinski definition) is 1. The molecule has 1 amide bonds. The highest BCUT2D eigenvalue weighted by Crippen LogP contribution is 2.29. The second-order valence-electron chi connectivity index (χ2n) is 7.68. The molecule has 0 saturated carbocycles. The fourth-order valence-electron chi connectivity index (χ4n) is 3.51. The largest absolute Gasteiger partial charge is 0.497 e. The Labute approximate surface area is 192 Å². The molecule has 1 aliphatic rings. The number of methoxy groups -OCH3 is 1. The maximum absolute atomic E-state index is 12.8. The minimum Gasteiger partial charge on any atom is -0.497 e. The molecule has 1 saturated heterocycles. The minimum atomic E-state index is -0.289. The van der Waals surface area contributed by atoms with Crippen LogP contribution in [0.15, 0.2) is 53.6 Å². The lowest BCUT2D eigenvalue weighted by atomic mass is 10.2. The number of nitrogens with one attached hydrogen (secondary N) is 1. The highest BCUT2D eigenvalue weighted by Gasteiger charge is 2.19. The summed E-state index contributed by atoms with van der Waals surface area (Å²) in [5.41, 5.74) is 1.93. The van der Waals surface area contributed by atoms with Crippen LogP contribution in [-0.2, 0) is 22.6 Å². The lowest BCUT2D eigenvalue weighted by molar-refractivity contribution is -0.120. The number of amides is 1. The molecule has 0 radical (unpaired) electrons. The van der Waals surface area contributed by atoms with Gasteiger partial charge in [0.15, 0.2) is 0 Å². The van der Waals surface area contributed by atoms with Gasteiger partial charge in [0.2, 0.25) is 5.91 Å². The Hall–Kier alpha value is -2.68. The third-order valence-electron chi connectivity index (χ3n) is 5.37. The highest BCUT2D eigenvalue weighted by molar-refractivity contribution is 8.00. The third-order valence-corrected chi connectivity index (χ3v) is 6.47. The second kappa shape index (κ2) is 10.8. The molecule has 8 heteroatoms. The van der Waals surface area contributed by atoms with E-state index in [1.54, 1.807) is 7.11 Å². The Morgan fingerprint density at radius 3 is 2.66 bits per heavy atom. The number of thioether (sulfide) groups is 1. The first kappa shape index (κ1) is 22.5. The first-order valence-corrected chi connectivity index (χ1v) is 11.6. The Balaban J connectivity index is 1.44. The van der Waals surface area contributed by atoms with Gasteiger partial charge in [-0.1, -0.05) is 42.1 Å². The van der Waals surface area contributed by atoms with Crippen LogP contribution in [0.1, 0.15) is 18.3 Å². The molecule has 1 fully saturated rings. The van der Waals surface area contributed by atoms with Crippen LogP contribution in [0.2, 0.25) is 0 Å². The van der Waals surface area contributed by atoms with Crippen molar-refractivity contribution in [3.63, 3.8) is 0 Å². The van der Waals surface area contributed by atoms with E-state index in [9.17, 15) is 4.79 Å². The third kappa shape index (κ3) is 5.76. The van der Waals surface area contributed by atoms with Crippen molar-refractivity contribution in [3.05, 3.63) is 59.9 Å². The highest BCUT2D eigenvalue weighted by atomic mass is 32.2. The molecular formula is C24H28N4O3S. The van der Waals surface area contributed by atoms with E-state index in [2.05, 4.69) is 10.2 Å². The van der Waals surface area contributed by atoms with Gasteiger partial charge in [0.1, 0.15) is 16.6 Å². The van der Waals surface area contributed by atoms with E-state index in [0.717, 1.165) is 59.4 Å². The quantitative estimate of drug-likeness (QED) is 0.415. The van der Waals surface area contributed by atoms with Crippen LogP contribution >= 0.6 is 11.8 Å². The number of carbonyl (C=O) groups is 1. The van der Waals surface area contributed by atoms with Crippen LogP contribution in [0.5, 0.6) is 5.75 Å². The van der Waals surface area contributed by atoms with Gasteiger partial charge in [-0.2, -0.15) is 0 Å². The Kier molecular flexibility index (Phi) is 7.57. The van der Waals surface area contributed by atoms with Crippen LogP contribution in [-0.4, -0.2) is 59.4 Å². The van der Waals surface area contributed by atoms with Crippen molar-refractivity contribution in [2.75, 3.05) is 33.4 Å². The molecule has 0 bridgehead atoms. The number of fused-ring (bicyclic) bond motifs is 1. The summed E-state index contributed by atoms with van der Waals surface area (Å²) in [4.78, 5) is 24.6. The van der Waals surface area contributed by atoms with E-state index >= 15 is 0 Å². The van der Waals surface area contributed by atoms with Crippen LogP contribution in [0.4, 0.5) is 0 Å². The van der Waals surface area contributed by atoms with Crippen molar-refractivity contribution >= 4 is 28.6 Å². The van der Waals surface area contributed by atoms with Gasteiger partial charge in [-0.25, -0.2) is 9.97 Å². The Morgan fingerprint density at radius 2 is 1.91 bits per heavy atom. The van der Waals surface area contributed by atoms with E-state index in [-0.39, 0.29) is 11.2 Å². The zero-order valence-corrected chi connectivity index (χ0v) is 19.2. The molecule has 3 aromatic rings. The molecule has 4 rings (SSSR count). The number of carbonyl (C=O) groups excluding carboxylic acids is 1. The minimum absolute atomic E-state index is 0.0248. The summed E-state index contributed by atoms with van der Waals surface area (Å²) in [6, 6.07) is 15.7. The lowest BCUT2D eigenvalue weighted by Gasteiger charge is -2.26. The first-order valence-electron chi connectivity index (χ1n) is 10.8. The smallest absolute Gasteiger partial charge is 0.233 e. The fourth-order valence-corrected chi connectivity index (χ4v) is 4.49. The van der Waals surface area contributed by atoms with E-state index in [1.807, 2.05) is 55.5 Å². The number of nitrogens with zero attached hydrogens (tertiary/aromatic N) is 3. The second-order valence-corrected chi connectivity index (χ2v) is 9.01. The van der Waals surface area contributed by atoms with Gasteiger partial charge < -0.3 is 14.8 Å². The van der Waals surface area contributed by atoms with Crippen LogP contribution in [0.25, 0.3) is 10.9 Å². The molecule has 2 aromatic carbocycles. The summed E-state index contributed by atoms with van der Waals surface area (Å²) in [5, 5.41) is 4.54. The Morgan fingerprint density at radius 1 is 1.16 bits per heavy atom. The first-order chi connectivity index (χ1) is 15.6. The summed E-state index contributed by atoms with van der Waals surface area (Å²) in [7, 11) is 1.64. The summed E-state index contributed by atoms with van der Waals surface area (Å²) in [6.45, 7) is 6.29. The van der Waals surface area contributed by atoms with Crippen LogP contribution in [0.3, 0.4) is 0 Å². The predicted molar refractivity (Wildman–Crippen MR) is 126 cm³/mol. The SMILES string of the molecule is COc1ccc(CNC(=O)[C@H](C)Sc2nc(CN3CCOCC3)nc3ccccc23)cc1. The van der Waals surface area contributed by atoms with E-state index in [1.165, 1.54) is 11.8 Å². The van der Waals surface area contributed by atoms with Crippen LogP contribution in [0, 0.1) is 0 Å². The van der Waals surface area contributed by atoms with Gasteiger partial charge in [0, 0.05) is 25.0 Å². The normalized spacial score (nSPS) is 15.4. The van der Waals surface area contributed by atoms with Gasteiger partial charge in [-0.15, -0.1) is 0 Å². The molecule has 0 aliphatic carbocycles. The van der Waals surface area contributed by atoms with Crippen molar-refractivity contribution in [1.82, 2.24) is 20.2 Å². The van der Waals surface area contributed by atoms with Crippen LogP contribution < -0.4 is 10.1 Å². The molecular weight excluding hydrogens is 424 g/mol. The topological polar surface area (TPSA) is 76.6 Å². The average Bonchev–Trinajstić information content (AvgIpc) is 2.83. The summed E-state index contributed by atoms with van der Waals surface area (Å²) >= 11 is 1.47. The molecule has 2 heterocycles. The molecule has 1 N–H and O–H groups in total. The standard InChI is InChI=1S/C24H28N4O3S/c1-17(23(29)25-15-18-7-9-19(30-2)10-8-18)32-24-20-5-3-4-6-21(20)26-22(27-24)16-28-11-13-31-14-12-28/h3-10,17H,11-16H2,1-2H3,(H,25,29)/t17-/m0/s1. The molecule has 1 aliphatic heterocycles. The van der Waals surface area contributed by atoms with Gasteiger partial charge >= 0.3 is 0 Å². The number of ether oxygens (including phenoxy) is 2. The average molecular weight is 453 g/mol. The van der Waals surface area contributed by atoms with Crippen molar-refractivity contribution in [3.8, 4) is 5.75 Å². The predicted octanol–water partition coefficient (Wildman–Crippen LogP) is 3.27. The zero-order chi connectivity index (χ0) is 22.3. The fraction of sp³-hybridized carbons (Fsp3) is 0.375. The molecule has 7 nitrogen and oxygen atoms in total. The summed E-state index contributed by atoms with van der Waals surface area (Å²) in [5.74, 6) is 1.55. The maximum Gasteiger partial charge on any atom is 0.233 e. The molecule has 168 valence electrons. The van der Waals surface area contributed by atoms with Crippen molar-refractivity contribution in [2.24, 2.45) is 0 Å². The molecule has 0 unspecified atom stereocenters. The van der Waals surface area contributed by atoms with Gasteiger partial charge in [0.05, 0.1) is 37.6 Å². The van der Waals surface area contributed by atoms with E-state index in [4.69, 9.17) is 19.4 Å². The van der Waals surface area contributed by atoms with Gasteiger partial charge in [0.25, 0.3) is 0 Å². The van der Waals surface area contributed by atoms with E-state index < -0.39 is 0 Å². The number of benzene rings is 2. The van der Waals surface area contributed by atoms with E-state index in [0.29, 0.717) is 13.1 Å². The van der Waals surface area contributed by atoms with Crippen molar-refractivity contribution < 1.29 is 14.3 Å². The number of rotatable bonds is 8. The zero-order valence-electron chi connectivity index (χ0n) is 18.4. The van der Waals surface area contributed by atoms with Crippen molar-refractivity contribution in [1.29, 1.82) is 0 Å². The van der Waals surface area contributed by atoms with Crippen molar-refractivity contribution in [2.45, 2.75) is 30.3 Å². The van der Waals surface area contributed by atoms with Gasteiger partial charge in [-0.05, 0) is 30.7 Å². The summed E-state index contributed by atoms with van der Waals surface area (Å²) in [6.07, 6.45) is 0. The molecule has 1 atom stereocenters. The lowest BCUT2D eigenvalue weighted by Crippen LogP contribution is -2.36. The number of aromatic nitrogens is 2. The number of morpholine rings is 1. The monoisotopic (exact) mass is 452 g/mol. The Bertz CT molecular complexity index is 1050. The molecule has 0 spiro atoms. The van der Waals surface area contributed by atoms with Gasteiger partial charge in [-0.3, -0.25) is 9.69 Å². The summed E-state index contributed by atoms with van der Waals surface area (Å²) < 4.78 is 10.6.